The molecule has 5 heteroatoms. The standard InChI is InChI=1S/C10H14N2O3/c1-4-5-8(13)7-6-11(2)10(15)12(3)9(7)14/h4,6,8,13H,1,5H2,2-3H3/t8-/m0/s1. The first-order valence-corrected chi connectivity index (χ1v) is 4.54. The summed E-state index contributed by atoms with van der Waals surface area (Å²) in [7, 11) is 2.92. The van der Waals surface area contributed by atoms with Crippen LogP contribution < -0.4 is 11.2 Å². The molecule has 0 bridgehead atoms. The molecule has 1 N–H and O–H groups in total. The van der Waals surface area contributed by atoms with Gasteiger partial charge in [0, 0.05) is 20.3 Å². The van der Waals surface area contributed by atoms with Crippen molar-refractivity contribution in [2.75, 3.05) is 0 Å². The number of nitrogens with zero attached hydrogens (tertiary/aromatic N) is 2. The van der Waals surface area contributed by atoms with Crippen molar-refractivity contribution in [3.63, 3.8) is 0 Å². The van der Waals surface area contributed by atoms with Gasteiger partial charge in [-0.15, -0.1) is 6.58 Å². The monoisotopic (exact) mass is 210 g/mol. The Bertz CT molecular complexity index is 484. The molecule has 0 aliphatic rings. The zero-order valence-electron chi connectivity index (χ0n) is 8.80. The van der Waals surface area contributed by atoms with E-state index in [0.717, 1.165) is 4.57 Å². The zero-order valence-corrected chi connectivity index (χ0v) is 8.80. The van der Waals surface area contributed by atoms with E-state index in [0.29, 0.717) is 0 Å². The van der Waals surface area contributed by atoms with Crippen LogP contribution in [0.15, 0.2) is 28.4 Å². The van der Waals surface area contributed by atoms with Gasteiger partial charge >= 0.3 is 5.69 Å². The van der Waals surface area contributed by atoms with Gasteiger partial charge in [0.05, 0.1) is 11.7 Å². The molecule has 5 nitrogen and oxygen atoms in total. The van der Waals surface area contributed by atoms with E-state index in [2.05, 4.69) is 6.58 Å². The molecule has 0 saturated carbocycles. The maximum Gasteiger partial charge on any atom is 0.330 e. The molecule has 0 radical (unpaired) electrons. The largest absolute Gasteiger partial charge is 0.388 e. The zero-order chi connectivity index (χ0) is 11.6. The molecule has 0 amide bonds. The fourth-order valence-corrected chi connectivity index (χ4v) is 1.35. The molecule has 0 aliphatic carbocycles. The van der Waals surface area contributed by atoms with Crippen molar-refractivity contribution in [1.29, 1.82) is 0 Å². The Hall–Kier alpha value is -1.62. The van der Waals surface area contributed by atoms with E-state index in [-0.39, 0.29) is 12.0 Å². The molecular weight excluding hydrogens is 196 g/mol. The first-order chi connectivity index (χ1) is 6.99. The second-order valence-electron chi connectivity index (χ2n) is 3.38. The summed E-state index contributed by atoms with van der Waals surface area (Å²) in [5.41, 5.74) is -0.665. The van der Waals surface area contributed by atoms with Gasteiger partial charge in [0.1, 0.15) is 0 Å². The number of rotatable bonds is 3. The molecule has 1 aromatic rings. The molecule has 1 heterocycles. The highest BCUT2D eigenvalue weighted by Gasteiger charge is 2.13. The first-order valence-electron chi connectivity index (χ1n) is 4.54. The molecule has 0 fully saturated rings. The van der Waals surface area contributed by atoms with Gasteiger partial charge in [0.2, 0.25) is 0 Å². The summed E-state index contributed by atoms with van der Waals surface area (Å²) in [6.45, 7) is 3.48. The molecule has 1 aromatic heterocycles. The van der Waals surface area contributed by atoms with Crippen LogP contribution in [0.2, 0.25) is 0 Å². The maximum atomic E-state index is 11.6. The summed E-state index contributed by atoms with van der Waals surface area (Å²) in [5, 5.41) is 9.64. The predicted octanol–water partition coefficient (Wildman–Crippen LogP) is -0.307. The fourth-order valence-electron chi connectivity index (χ4n) is 1.35. The van der Waals surface area contributed by atoms with Crippen molar-refractivity contribution in [2.45, 2.75) is 12.5 Å². The fraction of sp³-hybridized carbons (Fsp3) is 0.400. The Balaban J connectivity index is 3.38. The molecule has 1 rings (SSSR count). The van der Waals surface area contributed by atoms with Gasteiger partial charge < -0.3 is 9.67 Å². The van der Waals surface area contributed by atoms with Crippen LogP contribution in [-0.4, -0.2) is 14.2 Å². The summed E-state index contributed by atoms with van der Waals surface area (Å²) < 4.78 is 2.24. The SMILES string of the molecule is C=CC[C@H](O)c1cn(C)c(=O)n(C)c1=O. The topological polar surface area (TPSA) is 64.2 Å². The summed E-state index contributed by atoms with van der Waals surface area (Å²) in [5.74, 6) is 0. The van der Waals surface area contributed by atoms with Gasteiger partial charge in [-0.25, -0.2) is 4.79 Å². The quantitative estimate of drug-likeness (QED) is 0.696. The van der Waals surface area contributed by atoms with Crippen molar-refractivity contribution in [3.8, 4) is 0 Å². The van der Waals surface area contributed by atoms with Crippen LogP contribution in [0.5, 0.6) is 0 Å². The Morgan fingerprint density at radius 3 is 2.67 bits per heavy atom. The minimum atomic E-state index is -0.909. The average molecular weight is 210 g/mol. The van der Waals surface area contributed by atoms with Gasteiger partial charge in [-0.05, 0) is 6.42 Å². The Morgan fingerprint density at radius 2 is 2.13 bits per heavy atom. The highest BCUT2D eigenvalue weighted by molar-refractivity contribution is 5.10. The van der Waals surface area contributed by atoms with E-state index in [1.54, 1.807) is 0 Å². The lowest BCUT2D eigenvalue weighted by molar-refractivity contribution is 0.178. The lowest BCUT2D eigenvalue weighted by Gasteiger charge is -2.10. The van der Waals surface area contributed by atoms with Crippen LogP contribution >= 0.6 is 0 Å². The maximum absolute atomic E-state index is 11.6. The molecule has 15 heavy (non-hydrogen) atoms. The van der Waals surface area contributed by atoms with Crippen molar-refractivity contribution < 1.29 is 5.11 Å². The number of aryl methyl sites for hydroxylation is 1. The number of aromatic nitrogens is 2. The minimum absolute atomic E-state index is 0.208. The van der Waals surface area contributed by atoms with Gasteiger partial charge in [0.25, 0.3) is 5.56 Å². The van der Waals surface area contributed by atoms with Crippen LogP contribution in [-0.2, 0) is 14.1 Å². The van der Waals surface area contributed by atoms with Gasteiger partial charge in [-0.2, -0.15) is 0 Å². The van der Waals surface area contributed by atoms with Crippen molar-refractivity contribution in [2.24, 2.45) is 14.1 Å². The highest BCUT2D eigenvalue weighted by Crippen LogP contribution is 2.10. The van der Waals surface area contributed by atoms with E-state index < -0.39 is 17.4 Å². The Morgan fingerprint density at radius 1 is 1.53 bits per heavy atom. The molecule has 0 aliphatic heterocycles. The lowest BCUT2D eigenvalue weighted by atomic mass is 10.1. The summed E-state index contributed by atoms with van der Waals surface area (Å²) in [6.07, 6.45) is 2.26. The third-order valence-electron chi connectivity index (χ3n) is 2.22. The van der Waals surface area contributed by atoms with Crippen LogP contribution in [0.3, 0.4) is 0 Å². The number of hydrogen-bond acceptors (Lipinski definition) is 3. The summed E-state index contributed by atoms with van der Waals surface area (Å²) in [4.78, 5) is 23.0. The highest BCUT2D eigenvalue weighted by atomic mass is 16.3. The number of hydrogen-bond donors (Lipinski definition) is 1. The smallest absolute Gasteiger partial charge is 0.330 e. The summed E-state index contributed by atoms with van der Waals surface area (Å²) in [6, 6.07) is 0. The van der Waals surface area contributed by atoms with Gasteiger partial charge in [-0.1, -0.05) is 6.08 Å². The van der Waals surface area contributed by atoms with Crippen LogP contribution in [0.25, 0.3) is 0 Å². The third kappa shape index (κ3) is 2.07. The number of aliphatic hydroxyl groups excluding tert-OH is 1. The number of aliphatic hydroxyl groups is 1. The second-order valence-corrected chi connectivity index (χ2v) is 3.38. The molecule has 0 unspecified atom stereocenters. The normalized spacial score (nSPS) is 12.5. The summed E-state index contributed by atoms with van der Waals surface area (Å²) >= 11 is 0. The Kier molecular flexibility index (Phi) is 3.26. The van der Waals surface area contributed by atoms with E-state index in [1.165, 1.54) is 30.9 Å². The van der Waals surface area contributed by atoms with E-state index >= 15 is 0 Å². The molecule has 0 aromatic carbocycles. The molecule has 0 saturated heterocycles. The van der Waals surface area contributed by atoms with Crippen molar-refractivity contribution >= 4 is 0 Å². The third-order valence-corrected chi connectivity index (χ3v) is 2.22. The molecule has 82 valence electrons. The van der Waals surface area contributed by atoms with E-state index in [1.807, 2.05) is 0 Å². The van der Waals surface area contributed by atoms with Crippen LogP contribution in [0, 0.1) is 0 Å². The van der Waals surface area contributed by atoms with Crippen molar-refractivity contribution in [3.05, 3.63) is 45.3 Å². The average Bonchev–Trinajstić information content (AvgIpc) is 2.20. The van der Waals surface area contributed by atoms with E-state index in [9.17, 15) is 14.7 Å². The first kappa shape index (κ1) is 11.5. The molecular formula is C10H14N2O3. The lowest BCUT2D eigenvalue weighted by Crippen LogP contribution is -2.39. The van der Waals surface area contributed by atoms with E-state index in [4.69, 9.17) is 0 Å². The predicted molar refractivity (Wildman–Crippen MR) is 56.7 cm³/mol. The van der Waals surface area contributed by atoms with Gasteiger partial charge in [0.15, 0.2) is 0 Å². The van der Waals surface area contributed by atoms with Crippen molar-refractivity contribution in [1.82, 2.24) is 9.13 Å². The van der Waals surface area contributed by atoms with Crippen LogP contribution in [0.1, 0.15) is 18.1 Å². The van der Waals surface area contributed by atoms with Gasteiger partial charge in [-0.3, -0.25) is 9.36 Å². The minimum Gasteiger partial charge on any atom is -0.388 e. The Labute approximate surface area is 86.9 Å². The molecule has 1 atom stereocenters. The second kappa shape index (κ2) is 4.27. The van der Waals surface area contributed by atoms with Crippen LogP contribution in [0.4, 0.5) is 0 Å². The molecule has 0 spiro atoms.